The Morgan fingerprint density at radius 2 is 1.94 bits per heavy atom. The number of carboxylic acid groups (broad SMARTS) is 2. The van der Waals surface area contributed by atoms with E-state index in [0.717, 1.165) is 32.9 Å². The van der Waals surface area contributed by atoms with Crippen LogP contribution in [0, 0.1) is 0 Å². The Balaban J connectivity index is 0.00000228. The first-order valence-electron chi connectivity index (χ1n) is 9.60. The maximum atomic E-state index is 12.8. The molecule has 180 valence electrons. The van der Waals surface area contributed by atoms with Crippen molar-refractivity contribution in [2.75, 3.05) is 11.5 Å². The van der Waals surface area contributed by atoms with Crippen molar-refractivity contribution in [2.24, 2.45) is 4.99 Å². The van der Waals surface area contributed by atoms with Crippen molar-refractivity contribution >= 4 is 68.0 Å². The van der Waals surface area contributed by atoms with E-state index in [1.807, 2.05) is 5.38 Å². The van der Waals surface area contributed by atoms with Gasteiger partial charge in [-0.05, 0) is 22.9 Å². The largest absolute Gasteiger partial charge is 1.00 e. The molecule has 2 aliphatic heterocycles. The second-order valence-corrected chi connectivity index (χ2v) is 12.5. The van der Waals surface area contributed by atoms with Crippen LogP contribution in [0.4, 0.5) is 0 Å². The Morgan fingerprint density at radius 1 is 1.22 bits per heavy atom. The summed E-state index contributed by atoms with van der Waals surface area (Å²) in [4.78, 5) is 44.8. The van der Waals surface area contributed by atoms with Crippen LogP contribution in [0.3, 0.4) is 0 Å². The zero-order chi connectivity index (χ0) is 24.6. The number of aliphatic carboxylic acids is 2. The van der Waals surface area contributed by atoms with Gasteiger partial charge in [0.1, 0.15) is 11.1 Å². The van der Waals surface area contributed by atoms with Crippen LogP contribution < -0.4 is 69.3 Å². The van der Waals surface area contributed by atoms with Gasteiger partial charge in [0.15, 0.2) is 6.04 Å². The van der Waals surface area contributed by atoms with E-state index in [2.05, 4.69) is 9.98 Å². The Labute approximate surface area is 262 Å². The predicted molar refractivity (Wildman–Crippen MR) is 120 cm³/mol. The Kier molecular flexibility index (Phi) is 11.2. The fourth-order valence-electron chi connectivity index (χ4n) is 3.47. The second-order valence-electron chi connectivity index (χ2n) is 7.30. The minimum atomic E-state index is -4.09. The molecule has 11 nitrogen and oxygen atoms in total. The molecule has 1 fully saturated rings. The molecule has 1 saturated heterocycles. The molecule has 4 heterocycles. The number of β-lactam (4-membered cyclic amide) rings is 1. The van der Waals surface area contributed by atoms with Gasteiger partial charge in [-0.2, -0.15) is 0 Å². The number of nitrogens with zero attached hydrogens (tertiary/aromatic N) is 3. The molecule has 0 radical (unpaired) electrons. The molecule has 0 aromatic carbocycles. The summed E-state index contributed by atoms with van der Waals surface area (Å²) in [6.45, 7) is 0. The van der Waals surface area contributed by atoms with Crippen LogP contribution in [0.2, 0.25) is 0 Å². The van der Waals surface area contributed by atoms with Gasteiger partial charge in [0.25, 0.3) is 5.91 Å². The van der Waals surface area contributed by atoms with Crippen molar-refractivity contribution in [3.63, 3.8) is 0 Å². The molecule has 2 aliphatic rings. The average Bonchev–Trinajstić information content (AvgIpc) is 3.43. The molecule has 0 spiro atoms. The number of hydrogen-bond donors (Lipinski definition) is 1. The average molecular weight is 588 g/mol. The van der Waals surface area contributed by atoms with Gasteiger partial charge in [-0.1, -0.05) is 6.07 Å². The molecule has 0 aliphatic carbocycles. The Morgan fingerprint density at radius 3 is 2.56 bits per heavy atom. The molecule has 1 N–H and O–H groups in total. The van der Waals surface area contributed by atoms with E-state index in [0.29, 0.717) is 0 Å². The number of sulfone groups is 1. The summed E-state index contributed by atoms with van der Waals surface area (Å²) >= 11 is 3.23. The summed E-state index contributed by atoms with van der Waals surface area (Å²) in [5.41, 5.74) is -0.424. The number of rotatable bonds is 9. The van der Waals surface area contributed by atoms with Crippen LogP contribution in [-0.2, 0) is 37.1 Å². The molecule has 0 bridgehead atoms. The van der Waals surface area contributed by atoms with Crippen molar-refractivity contribution in [3.05, 3.63) is 44.7 Å². The molecule has 4 rings (SSSR count). The Hall–Kier alpha value is -0.750. The van der Waals surface area contributed by atoms with Crippen molar-refractivity contribution < 1.29 is 97.2 Å². The van der Waals surface area contributed by atoms with E-state index in [9.17, 15) is 38.1 Å². The fourth-order valence-corrected chi connectivity index (χ4v) is 8.16. The van der Waals surface area contributed by atoms with Gasteiger partial charge in [-0.25, -0.2) is 18.2 Å². The maximum absolute atomic E-state index is 12.8. The maximum Gasteiger partial charge on any atom is 1.00 e. The number of fused-ring (bicyclic) bond motifs is 1. The third-order valence-electron chi connectivity index (χ3n) is 4.90. The topological polar surface area (TPSA) is 180 Å². The molecule has 2 atom stereocenters. The first kappa shape index (κ1) is 31.5. The van der Waals surface area contributed by atoms with Crippen LogP contribution in [0.25, 0.3) is 0 Å². The minimum Gasteiger partial charge on any atom is -0.862 e. The van der Waals surface area contributed by atoms with Crippen molar-refractivity contribution in [1.82, 2.24) is 9.88 Å². The SMILES string of the molecule is O=C([O-])Cc1csc(S(=O)(=O)CC2=C(C(=O)O)N3C(=O)[C@@H](N=C([O-])Cc4cccs4)[C@H]3SC2)n1.[Na+].[Na+]. The summed E-state index contributed by atoms with van der Waals surface area (Å²) in [6, 6.07) is 2.52. The number of carbonyl (C=O) groups excluding carboxylic acids is 2. The van der Waals surface area contributed by atoms with Gasteiger partial charge < -0.3 is 20.1 Å². The van der Waals surface area contributed by atoms with E-state index in [4.69, 9.17) is 0 Å². The van der Waals surface area contributed by atoms with Crippen molar-refractivity contribution in [3.8, 4) is 0 Å². The van der Waals surface area contributed by atoms with Crippen molar-refractivity contribution in [1.29, 1.82) is 0 Å². The third kappa shape index (κ3) is 6.81. The van der Waals surface area contributed by atoms with E-state index in [-0.39, 0.29) is 86.9 Å². The number of aromatic nitrogens is 1. The summed E-state index contributed by atoms with van der Waals surface area (Å²) < 4.78 is 25.2. The van der Waals surface area contributed by atoms with Gasteiger partial charge in [-0.3, -0.25) is 14.7 Å². The van der Waals surface area contributed by atoms with Crippen LogP contribution >= 0.6 is 34.4 Å². The molecule has 36 heavy (non-hydrogen) atoms. The monoisotopic (exact) mass is 587 g/mol. The van der Waals surface area contributed by atoms with Gasteiger partial charge in [-0.15, -0.1) is 34.4 Å². The molecule has 2 aromatic heterocycles. The van der Waals surface area contributed by atoms with Gasteiger partial charge in [0, 0.05) is 34.8 Å². The number of hydrogen-bond acceptors (Lipinski definition) is 12. The van der Waals surface area contributed by atoms with E-state index in [1.165, 1.54) is 16.7 Å². The number of thioether (sulfide) groups is 1. The smallest absolute Gasteiger partial charge is 0.862 e. The molecular formula is C19H15N3Na2O8S4. The number of thiazole rings is 1. The number of carbonyl (C=O) groups is 3. The van der Waals surface area contributed by atoms with E-state index >= 15 is 0 Å². The molecule has 0 unspecified atom stereocenters. The van der Waals surface area contributed by atoms with E-state index < -0.39 is 62.9 Å². The molecule has 0 saturated carbocycles. The summed E-state index contributed by atoms with van der Waals surface area (Å²) in [5, 5.41) is 35.0. The van der Waals surface area contributed by atoms with Crippen molar-refractivity contribution in [2.45, 2.75) is 28.6 Å². The second kappa shape index (κ2) is 12.9. The quantitative estimate of drug-likeness (QED) is 0.128. The van der Waals surface area contributed by atoms with Gasteiger partial charge in [0.05, 0.1) is 11.4 Å². The minimum absolute atomic E-state index is 0. The predicted octanol–water partition coefficient (Wildman–Crippen LogP) is -7.10. The van der Waals surface area contributed by atoms with Crippen LogP contribution in [0.15, 0.2) is 43.5 Å². The van der Waals surface area contributed by atoms with Crippen LogP contribution in [0.5, 0.6) is 0 Å². The summed E-state index contributed by atoms with van der Waals surface area (Å²) in [5.74, 6) is -4.76. The molecule has 17 heteroatoms. The number of aliphatic imine (C=N–C) groups is 1. The standard InChI is InChI=1S/C19H17N3O8S4.2Na/c23-12(5-11-2-1-3-31-11)21-14-16(26)22-15(18(27)28)9(6-32-17(14)22)8-34(29,30)19-20-10(7-33-19)4-13(24)25;;/h1-3,7,14,17H,4-6,8H2,(H,21,23)(H,24,25)(H,27,28);;/q;2*+1/p-2/t14-,17-;;/m1../s1. The molecule has 1 amide bonds. The summed E-state index contributed by atoms with van der Waals surface area (Å²) in [6.07, 6.45) is -0.511. The Bertz CT molecular complexity index is 1320. The molecule has 2 aromatic rings. The zero-order valence-electron chi connectivity index (χ0n) is 19.1. The van der Waals surface area contributed by atoms with E-state index in [1.54, 1.807) is 12.1 Å². The van der Waals surface area contributed by atoms with Crippen LogP contribution in [0.1, 0.15) is 10.6 Å². The molecular weight excluding hydrogens is 572 g/mol. The first-order chi connectivity index (χ1) is 16.1. The number of thiophene rings is 1. The summed E-state index contributed by atoms with van der Waals surface area (Å²) in [7, 11) is -4.09. The van der Waals surface area contributed by atoms with Crippen LogP contribution in [-0.4, -0.2) is 70.1 Å². The first-order valence-corrected chi connectivity index (χ1v) is 14.1. The fraction of sp³-hybridized carbons (Fsp3) is 0.316. The third-order valence-corrected chi connectivity index (χ3v) is 10.2. The van der Waals surface area contributed by atoms with Gasteiger partial charge in [0.2, 0.25) is 14.2 Å². The normalized spacial score (nSPS) is 19.6. The number of amides is 1. The van der Waals surface area contributed by atoms with Gasteiger partial charge >= 0.3 is 65.1 Å². The zero-order valence-corrected chi connectivity index (χ0v) is 26.3. The number of carboxylic acids is 2.